The summed E-state index contributed by atoms with van der Waals surface area (Å²) in [5.41, 5.74) is 0.500. The molecule has 0 aromatic carbocycles. The summed E-state index contributed by atoms with van der Waals surface area (Å²) in [4.78, 5) is 0. The second kappa shape index (κ2) is 8.06. The third-order valence-electron chi connectivity index (χ3n) is 0.365. The summed E-state index contributed by atoms with van der Waals surface area (Å²) < 4.78 is 0. The third-order valence-corrected chi connectivity index (χ3v) is 0.365. The molecule has 0 unspecified atom stereocenters. The largest absolute Gasteiger partial charge is 0.396 e. The van der Waals surface area contributed by atoms with E-state index >= 15 is 0 Å². The highest BCUT2D eigenvalue weighted by atomic mass is 16.3. The second-order valence-corrected chi connectivity index (χ2v) is 4.58. The molecule has 0 aromatic rings. The summed E-state index contributed by atoms with van der Waals surface area (Å²) in [6.07, 6.45) is 0. The zero-order valence-corrected chi connectivity index (χ0v) is 8.23. The first-order chi connectivity index (χ1) is 4.27. The highest BCUT2D eigenvalue weighted by molar-refractivity contribution is 4.47. The molecule has 0 heterocycles. The van der Waals surface area contributed by atoms with E-state index in [0.29, 0.717) is 17.9 Å². The summed E-state index contributed by atoms with van der Waals surface area (Å²) in [5.74, 6) is 0.440. The Balaban J connectivity index is -0.000000107. The molecule has 0 saturated heterocycles. The number of aliphatic hydroxyl groups is 1. The van der Waals surface area contributed by atoms with E-state index in [1.807, 2.05) is 13.8 Å². The first kappa shape index (κ1) is 17.2. The molecule has 0 rings (SSSR count). The van der Waals surface area contributed by atoms with Crippen LogP contribution in [0.15, 0.2) is 0 Å². The van der Waals surface area contributed by atoms with Gasteiger partial charge < -0.3 is 5.11 Å². The lowest BCUT2D eigenvalue weighted by Crippen LogP contribution is -1.93. The summed E-state index contributed by atoms with van der Waals surface area (Å²) in [6.45, 7) is 13.0. The Morgan fingerprint density at radius 1 is 1.09 bits per heavy atom. The molecule has 0 atom stereocenters. The van der Waals surface area contributed by atoms with E-state index < -0.39 is 0 Å². The van der Waals surface area contributed by atoms with E-state index in [-0.39, 0.29) is 7.43 Å². The fourth-order valence-electron chi connectivity index (χ4n) is 0. The molecule has 0 aliphatic heterocycles. The van der Waals surface area contributed by atoms with E-state index in [1.54, 1.807) is 0 Å². The average Bonchev–Trinajstić information content (AvgIpc) is 1.61. The molecule has 11 heavy (non-hydrogen) atoms. The molecule has 0 fully saturated rings. The lowest BCUT2D eigenvalue weighted by Gasteiger charge is -2.05. The van der Waals surface area contributed by atoms with Gasteiger partial charge in [0.05, 0.1) is 0 Å². The van der Waals surface area contributed by atoms with Crippen molar-refractivity contribution in [3.8, 4) is 0 Å². The van der Waals surface area contributed by atoms with Crippen LogP contribution in [0.2, 0.25) is 0 Å². The van der Waals surface area contributed by atoms with Crippen molar-refractivity contribution in [1.29, 1.82) is 0 Å². The van der Waals surface area contributed by atoms with Crippen LogP contribution in [0.5, 0.6) is 0 Å². The average molecular weight is 162 g/mol. The zero-order valence-electron chi connectivity index (χ0n) is 8.23. The maximum atomic E-state index is 8.14. The van der Waals surface area contributed by atoms with E-state index in [4.69, 9.17) is 5.11 Å². The maximum Gasteiger partial charge on any atom is 0.0453 e. The van der Waals surface area contributed by atoms with Gasteiger partial charge in [-0.05, 0) is 11.3 Å². The molecular weight excluding hydrogens is 136 g/mol. The Hall–Kier alpha value is -0.0400. The topological polar surface area (TPSA) is 20.2 Å². The predicted octanol–water partition coefficient (Wildman–Crippen LogP) is 3.32. The molecule has 1 N–H and O–H groups in total. The Morgan fingerprint density at radius 3 is 1.18 bits per heavy atom. The fourth-order valence-corrected chi connectivity index (χ4v) is 0. The van der Waals surface area contributed by atoms with Gasteiger partial charge in [0.25, 0.3) is 0 Å². The highest BCUT2D eigenvalue weighted by Gasteiger charge is 1.95. The Morgan fingerprint density at radius 2 is 1.18 bits per heavy atom. The maximum absolute atomic E-state index is 8.14. The van der Waals surface area contributed by atoms with Crippen LogP contribution >= 0.6 is 0 Å². The van der Waals surface area contributed by atoms with Crippen LogP contribution in [-0.2, 0) is 0 Å². The van der Waals surface area contributed by atoms with Gasteiger partial charge in [-0.1, -0.05) is 49.0 Å². The Labute approximate surface area is 72.8 Å². The van der Waals surface area contributed by atoms with Gasteiger partial charge in [-0.3, -0.25) is 0 Å². The van der Waals surface area contributed by atoms with Crippen LogP contribution in [0.1, 0.15) is 49.0 Å². The van der Waals surface area contributed by atoms with Crippen molar-refractivity contribution < 1.29 is 5.11 Å². The quantitative estimate of drug-likeness (QED) is 0.627. The molecule has 0 spiro atoms. The van der Waals surface area contributed by atoms with E-state index in [0.717, 1.165) is 0 Å². The van der Waals surface area contributed by atoms with Crippen LogP contribution in [0.3, 0.4) is 0 Å². The normalized spacial score (nSPS) is 9.82. The molecule has 1 nitrogen and oxygen atoms in total. The van der Waals surface area contributed by atoms with Crippen molar-refractivity contribution in [2.24, 2.45) is 11.3 Å². The van der Waals surface area contributed by atoms with Crippen LogP contribution in [0, 0.1) is 11.3 Å². The third kappa shape index (κ3) is 164. The lowest BCUT2D eigenvalue weighted by molar-refractivity contribution is 0.248. The van der Waals surface area contributed by atoms with Crippen LogP contribution in [-0.4, -0.2) is 11.7 Å². The number of rotatable bonds is 1. The molecule has 0 aliphatic carbocycles. The first-order valence-corrected chi connectivity index (χ1v) is 3.88. The van der Waals surface area contributed by atoms with E-state index in [9.17, 15) is 0 Å². The van der Waals surface area contributed by atoms with Gasteiger partial charge in [0, 0.05) is 6.61 Å². The van der Waals surface area contributed by atoms with Gasteiger partial charge in [-0.25, -0.2) is 0 Å². The number of hydrogen-bond acceptors (Lipinski definition) is 1. The molecule has 0 radical (unpaired) electrons. The summed E-state index contributed by atoms with van der Waals surface area (Å²) in [6, 6.07) is 0. The lowest BCUT2D eigenvalue weighted by atomic mass is 10.0. The van der Waals surface area contributed by atoms with Crippen LogP contribution in [0.4, 0.5) is 0 Å². The van der Waals surface area contributed by atoms with Gasteiger partial charge >= 0.3 is 0 Å². The van der Waals surface area contributed by atoms with Gasteiger partial charge in [0.2, 0.25) is 0 Å². The Bertz CT molecular complexity index is 53.8. The fraction of sp³-hybridized carbons (Fsp3) is 1.00. The van der Waals surface area contributed by atoms with Crippen molar-refractivity contribution in [3.63, 3.8) is 0 Å². The minimum atomic E-state index is 0. The predicted molar refractivity (Wildman–Crippen MR) is 53.8 cm³/mol. The summed E-state index contributed by atoms with van der Waals surface area (Å²) in [5, 5.41) is 8.14. The molecule has 0 aliphatic rings. The minimum Gasteiger partial charge on any atom is -0.396 e. The zero-order chi connectivity index (χ0) is 8.78. The summed E-state index contributed by atoms with van der Waals surface area (Å²) in [7, 11) is 0. The van der Waals surface area contributed by atoms with Crippen molar-refractivity contribution >= 4 is 0 Å². The van der Waals surface area contributed by atoms with E-state index in [1.165, 1.54) is 0 Å². The smallest absolute Gasteiger partial charge is 0.0453 e. The van der Waals surface area contributed by atoms with Gasteiger partial charge in [-0.2, -0.15) is 0 Å². The summed E-state index contributed by atoms with van der Waals surface area (Å²) >= 11 is 0. The highest BCUT2D eigenvalue weighted by Crippen LogP contribution is 2.07. The monoisotopic (exact) mass is 162 g/mol. The second-order valence-electron chi connectivity index (χ2n) is 4.58. The Kier molecular flexibility index (Phi) is 12.6. The van der Waals surface area contributed by atoms with Crippen molar-refractivity contribution in [2.45, 2.75) is 49.0 Å². The molecule has 0 bridgehead atoms. The number of aliphatic hydroxyl groups excluding tert-OH is 1. The van der Waals surface area contributed by atoms with E-state index in [2.05, 4.69) is 27.7 Å². The SMILES string of the molecule is C.CC(C)(C)C.CC(C)CO. The van der Waals surface area contributed by atoms with Crippen molar-refractivity contribution in [3.05, 3.63) is 0 Å². The molecule has 0 amide bonds. The van der Waals surface area contributed by atoms with Crippen LogP contribution < -0.4 is 0 Å². The van der Waals surface area contributed by atoms with Crippen LogP contribution in [0.25, 0.3) is 0 Å². The molecule has 1 heteroatoms. The number of hydrogen-bond donors (Lipinski definition) is 1. The van der Waals surface area contributed by atoms with Crippen molar-refractivity contribution in [2.75, 3.05) is 6.61 Å². The molecular formula is C10H26O. The first-order valence-electron chi connectivity index (χ1n) is 3.88. The van der Waals surface area contributed by atoms with Crippen molar-refractivity contribution in [1.82, 2.24) is 0 Å². The minimum absolute atomic E-state index is 0. The molecule has 0 saturated carbocycles. The van der Waals surface area contributed by atoms with Gasteiger partial charge in [0.15, 0.2) is 0 Å². The molecule has 72 valence electrons. The molecule has 0 aromatic heterocycles. The van der Waals surface area contributed by atoms with Gasteiger partial charge in [-0.15, -0.1) is 0 Å². The van der Waals surface area contributed by atoms with Gasteiger partial charge in [0.1, 0.15) is 0 Å². The standard InChI is InChI=1S/C5H12.C4H10O.CH4/c1-5(2,3)4;1-4(2)3-5;/h1-4H3;4-5H,3H2,1-2H3;1H4.